The van der Waals surface area contributed by atoms with Gasteiger partial charge in [0.15, 0.2) is 0 Å². The highest BCUT2D eigenvalue weighted by Gasteiger charge is 2.28. The van der Waals surface area contributed by atoms with Crippen LogP contribution in [0.15, 0.2) is 77.7 Å². The fourth-order valence-corrected chi connectivity index (χ4v) is 5.00. The van der Waals surface area contributed by atoms with E-state index in [0.29, 0.717) is 0 Å². The van der Waals surface area contributed by atoms with E-state index in [9.17, 15) is 13.2 Å². The normalized spacial score (nSPS) is 12.3. The number of sulfonamides is 1. The van der Waals surface area contributed by atoms with Gasteiger partial charge in [0, 0.05) is 10.0 Å². The van der Waals surface area contributed by atoms with Gasteiger partial charge in [-0.3, -0.25) is 9.10 Å². The SMILES string of the molecule is Cc1ccc(S(=O)(=O)N(CC(=O)N[C@@H](C)c2ccccc2)c2cc(Cl)cc(Cl)c2)cc1. The number of amides is 1. The molecule has 0 aliphatic heterocycles. The molecule has 0 heterocycles. The maximum Gasteiger partial charge on any atom is 0.264 e. The number of nitrogens with zero attached hydrogens (tertiary/aromatic N) is 1. The molecule has 3 rings (SSSR count). The standard InChI is InChI=1S/C23H22Cl2N2O3S/c1-16-8-10-22(11-9-16)31(29,30)27(21-13-19(24)12-20(25)14-21)15-23(28)26-17(2)18-6-4-3-5-7-18/h3-14,17H,15H2,1-2H3,(H,26,28)/t17-/m0/s1. The first-order valence-electron chi connectivity index (χ1n) is 9.56. The van der Waals surface area contributed by atoms with Crippen LogP contribution in [-0.4, -0.2) is 20.9 Å². The highest BCUT2D eigenvalue weighted by atomic mass is 35.5. The van der Waals surface area contributed by atoms with Crippen LogP contribution in [0.1, 0.15) is 24.1 Å². The van der Waals surface area contributed by atoms with Crippen LogP contribution >= 0.6 is 23.2 Å². The lowest BCUT2D eigenvalue weighted by Crippen LogP contribution is -2.41. The van der Waals surface area contributed by atoms with E-state index >= 15 is 0 Å². The Bertz CT molecular complexity index is 1150. The molecule has 0 saturated heterocycles. The molecule has 8 heteroatoms. The summed E-state index contributed by atoms with van der Waals surface area (Å²) in [5.41, 5.74) is 2.04. The first-order valence-corrected chi connectivity index (χ1v) is 11.8. The Hall–Kier alpha value is -2.54. The summed E-state index contributed by atoms with van der Waals surface area (Å²) in [6, 6.07) is 20.0. The number of carbonyl (C=O) groups excluding carboxylic acids is 1. The second-order valence-corrected chi connectivity index (χ2v) is 9.89. The van der Waals surface area contributed by atoms with Crippen molar-refractivity contribution in [1.82, 2.24) is 5.32 Å². The number of carbonyl (C=O) groups is 1. The molecule has 3 aromatic carbocycles. The molecule has 1 amide bonds. The summed E-state index contributed by atoms with van der Waals surface area (Å²) >= 11 is 12.2. The predicted octanol–water partition coefficient (Wildman–Crippen LogP) is 5.37. The molecular weight excluding hydrogens is 455 g/mol. The summed E-state index contributed by atoms with van der Waals surface area (Å²) in [4.78, 5) is 12.9. The van der Waals surface area contributed by atoms with Crippen molar-refractivity contribution < 1.29 is 13.2 Å². The van der Waals surface area contributed by atoms with Gasteiger partial charge in [-0.2, -0.15) is 0 Å². The molecule has 0 spiro atoms. The maximum absolute atomic E-state index is 13.4. The van der Waals surface area contributed by atoms with Gasteiger partial charge in [-0.25, -0.2) is 8.42 Å². The maximum atomic E-state index is 13.4. The first-order chi connectivity index (χ1) is 14.7. The second-order valence-electron chi connectivity index (χ2n) is 7.15. The molecule has 0 fully saturated rings. The van der Waals surface area contributed by atoms with Gasteiger partial charge in [-0.1, -0.05) is 71.2 Å². The number of anilines is 1. The van der Waals surface area contributed by atoms with Gasteiger partial charge < -0.3 is 5.32 Å². The summed E-state index contributed by atoms with van der Waals surface area (Å²) in [5.74, 6) is -0.455. The lowest BCUT2D eigenvalue weighted by molar-refractivity contribution is -0.120. The van der Waals surface area contributed by atoms with Crippen LogP contribution in [0.4, 0.5) is 5.69 Å². The van der Waals surface area contributed by atoms with E-state index in [1.54, 1.807) is 12.1 Å². The number of halogens is 2. The molecule has 0 unspecified atom stereocenters. The quantitative estimate of drug-likeness (QED) is 0.497. The van der Waals surface area contributed by atoms with Crippen LogP contribution in [0.25, 0.3) is 0 Å². The highest BCUT2D eigenvalue weighted by molar-refractivity contribution is 7.92. The molecule has 1 atom stereocenters. The van der Waals surface area contributed by atoms with Crippen molar-refractivity contribution in [2.75, 3.05) is 10.8 Å². The average Bonchev–Trinajstić information content (AvgIpc) is 2.72. The molecule has 0 aliphatic carbocycles. The van der Waals surface area contributed by atoms with Crippen molar-refractivity contribution in [2.24, 2.45) is 0 Å². The summed E-state index contributed by atoms with van der Waals surface area (Å²) in [5, 5.41) is 3.38. The van der Waals surface area contributed by atoms with Gasteiger partial charge in [-0.15, -0.1) is 0 Å². The Kier molecular flexibility index (Phi) is 7.26. The highest BCUT2D eigenvalue weighted by Crippen LogP contribution is 2.29. The molecule has 0 bridgehead atoms. The smallest absolute Gasteiger partial charge is 0.264 e. The number of rotatable bonds is 7. The Morgan fingerprint density at radius 1 is 0.968 bits per heavy atom. The predicted molar refractivity (Wildman–Crippen MR) is 125 cm³/mol. The van der Waals surface area contributed by atoms with Crippen LogP contribution in [0, 0.1) is 6.92 Å². The van der Waals surface area contributed by atoms with Crippen LogP contribution in [0.5, 0.6) is 0 Å². The van der Waals surface area contributed by atoms with E-state index in [2.05, 4.69) is 5.32 Å². The van der Waals surface area contributed by atoms with E-state index in [-0.39, 0.29) is 26.7 Å². The van der Waals surface area contributed by atoms with Crippen molar-refractivity contribution in [3.8, 4) is 0 Å². The molecule has 0 radical (unpaired) electrons. The Morgan fingerprint density at radius 3 is 2.13 bits per heavy atom. The fraction of sp³-hybridized carbons (Fsp3) is 0.174. The third-order valence-electron chi connectivity index (χ3n) is 4.71. The molecule has 0 aromatic heterocycles. The minimum atomic E-state index is -4.04. The van der Waals surface area contributed by atoms with Crippen LogP contribution in [0.3, 0.4) is 0 Å². The second kappa shape index (κ2) is 9.73. The van der Waals surface area contributed by atoms with Crippen molar-refractivity contribution in [1.29, 1.82) is 0 Å². The summed E-state index contributed by atoms with van der Waals surface area (Å²) in [7, 11) is -4.04. The number of benzene rings is 3. The summed E-state index contributed by atoms with van der Waals surface area (Å²) < 4.78 is 27.9. The van der Waals surface area contributed by atoms with Gasteiger partial charge in [-0.05, 0) is 49.7 Å². The monoisotopic (exact) mass is 476 g/mol. The Balaban J connectivity index is 1.94. The molecule has 1 N–H and O–H groups in total. The van der Waals surface area contributed by atoms with Gasteiger partial charge >= 0.3 is 0 Å². The van der Waals surface area contributed by atoms with Crippen LogP contribution < -0.4 is 9.62 Å². The topological polar surface area (TPSA) is 66.5 Å². The molecule has 0 saturated carbocycles. The van der Waals surface area contributed by atoms with Gasteiger partial charge in [0.2, 0.25) is 5.91 Å². The van der Waals surface area contributed by atoms with Crippen molar-refractivity contribution in [3.63, 3.8) is 0 Å². The van der Waals surface area contributed by atoms with Crippen LogP contribution in [0.2, 0.25) is 10.0 Å². The average molecular weight is 477 g/mol. The minimum Gasteiger partial charge on any atom is -0.348 e. The van der Waals surface area contributed by atoms with E-state index in [1.165, 1.54) is 30.3 Å². The third kappa shape index (κ3) is 5.79. The van der Waals surface area contributed by atoms with E-state index < -0.39 is 22.5 Å². The molecule has 5 nitrogen and oxygen atoms in total. The van der Waals surface area contributed by atoms with E-state index in [4.69, 9.17) is 23.2 Å². The van der Waals surface area contributed by atoms with Crippen molar-refractivity contribution in [2.45, 2.75) is 24.8 Å². The van der Waals surface area contributed by atoms with Crippen LogP contribution in [-0.2, 0) is 14.8 Å². The van der Waals surface area contributed by atoms with Gasteiger partial charge in [0.05, 0.1) is 16.6 Å². The zero-order chi connectivity index (χ0) is 22.6. The van der Waals surface area contributed by atoms with Gasteiger partial charge in [0.1, 0.15) is 6.54 Å². The van der Waals surface area contributed by atoms with Gasteiger partial charge in [0.25, 0.3) is 10.0 Å². The van der Waals surface area contributed by atoms with Crippen molar-refractivity contribution >= 4 is 44.8 Å². The molecule has 162 valence electrons. The number of hydrogen-bond acceptors (Lipinski definition) is 3. The Morgan fingerprint density at radius 2 is 1.55 bits per heavy atom. The summed E-state index contributed by atoms with van der Waals surface area (Å²) in [6.45, 7) is 3.27. The molecule has 3 aromatic rings. The summed E-state index contributed by atoms with van der Waals surface area (Å²) in [6.07, 6.45) is 0. The Labute approximate surface area is 192 Å². The number of nitrogens with one attached hydrogen (secondary N) is 1. The number of aryl methyl sites for hydroxylation is 1. The van der Waals surface area contributed by atoms with E-state index in [1.807, 2.05) is 44.2 Å². The largest absolute Gasteiger partial charge is 0.348 e. The molecule has 0 aliphatic rings. The minimum absolute atomic E-state index is 0.0677. The fourth-order valence-electron chi connectivity index (χ4n) is 3.08. The number of hydrogen-bond donors (Lipinski definition) is 1. The zero-order valence-corrected chi connectivity index (χ0v) is 19.4. The van der Waals surface area contributed by atoms with E-state index in [0.717, 1.165) is 15.4 Å². The third-order valence-corrected chi connectivity index (χ3v) is 6.93. The lowest BCUT2D eigenvalue weighted by atomic mass is 10.1. The van der Waals surface area contributed by atoms with Crippen molar-refractivity contribution in [3.05, 3.63) is 94.0 Å². The zero-order valence-electron chi connectivity index (χ0n) is 17.0. The molecule has 31 heavy (non-hydrogen) atoms. The lowest BCUT2D eigenvalue weighted by Gasteiger charge is -2.25. The first kappa shape index (κ1) is 23.1. The molecular formula is C23H22Cl2N2O3S.